The molecular weight excluding hydrogens is 246 g/mol. The van der Waals surface area contributed by atoms with E-state index >= 15 is 0 Å². The average molecular weight is 263 g/mol. The van der Waals surface area contributed by atoms with E-state index in [9.17, 15) is 14.7 Å². The monoisotopic (exact) mass is 263 g/mol. The second-order valence-electron chi connectivity index (χ2n) is 4.42. The van der Waals surface area contributed by atoms with Crippen molar-refractivity contribution < 1.29 is 19.4 Å². The Morgan fingerprint density at radius 2 is 2.16 bits per heavy atom. The quantitative estimate of drug-likeness (QED) is 0.896. The number of amides is 1. The van der Waals surface area contributed by atoms with E-state index in [2.05, 4.69) is 0 Å². The first-order valence-electron chi connectivity index (χ1n) is 6.35. The molecule has 0 saturated heterocycles. The van der Waals surface area contributed by atoms with Gasteiger partial charge in [0.1, 0.15) is 6.61 Å². The van der Waals surface area contributed by atoms with Crippen molar-refractivity contribution in [3.8, 4) is 0 Å². The molecule has 0 spiro atoms. The van der Waals surface area contributed by atoms with E-state index in [1.54, 1.807) is 23.1 Å². The van der Waals surface area contributed by atoms with Crippen LogP contribution >= 0.6 is 0 Å². The van der Waals surface area contributed by atoms with Crippen molar-refractivity contribution in [2.75, 3.05) is 24.7 Å². The van der Waals surface area contributed by atoms with Gasteiger partial charge in [0.25, 0.3) is 5.91 Å². The van der Waals surface area contributed by atoms with E-state index in [1.165, 1.54) is 0 Å². The van der Waals surface area contributed by atoms with E-state index in [0.29, 0.717) is 30.8 Å². The molecule has 1 aliphatic heterocycles. The van der Waals surface area contributed by atoms with Crippen LogP contribution in [-0.2, 0) is 14.3 Å². The standard InChI is InChI=1S/C14H17NO4/c1-2-19-9-13(16)15-8-7-11(14(17)18)10-5-3-4-6-12(10)15/h3-6,11H,2,7-9H2,1H3,(H,17,18). The second-order valence-corrected chi connectivity index (χ2v) is 4.42. The van der Waals surface area contributed by atoms with E-state index in [-0.39, 0.29) is 12.5 Å². The van der Waals surface area contributed by atoms with Crippen LogP contribution in [0.5, 0.6) is 0 Å². The number of fused-ring (bicyclic) bond motifs is 1. The summed E-state index contributed by atoms with van der Waals surface area (Å²) in [6.45, 7) is 2.76. The molecule has 0 fully saturated rings. The van der Waals surface area contributed by atoms with Gasteiger partial charge in [0.2, 0.25) is 0 Å². The van der Waals surface area contributed by atoms with Gasteiger partial charge in [0.15, 0.2) is 0 Å². The van der Waals surface area contributed by atoms with Crippen LogP contribution in [0.2, 0.25) is 0 Å². The molecule has 1 N–H and O–H groups in total. The summed E-state index contributed by atoms with van der Waals surface area (Å²) < 4.78 is 5.13. The maximum atomic E-state index is 12.0. The molecule has 0 aliphatic carbocycles. The third kappa shape index (κ3) is 2.76. The van der Waals surface area contributed by atoms with Gasteiger partial charge in [0.05, 0.1) is 5.92 Å². The second kappa shape index (κ2) is 5.84. The molecule has 1 atom stereocenters. The number of aliphatic carboxylic acids is 1. The summed E-state index contributed by atoms with van der Waals surface area (Å²) in [6, 6.07) is 7.16. The summed E-state index contributed by atoms with van der Waals surface area (Å²) in [7, 11) is 0. The van der Waals surface area contributed by atoms with Crippen LogP contribution in [0.15, 0.2) is 24.3 Å². The molecular formula is C14H17NO4. The van der Waals surface area contributed by atoms with Crippen LogP contribution in [0.1, 0.15) is 24.8 Å². The summed E-state index contributed by atoms with van der Waals surface area (Å²) >= 11 is 0. The van der Waals surface area contributed by atoms with E-state index < -0.39 is 11.9 Å². The number of hydrogen-bond donors (Lipinski definition) is 1. The fourth-order valence-electron chi connectivity index (χ4n) is 2.34. The number of anilines is 1. The number of para-hydroxylation sites is 1. The minimum atomic E-state index is -0.843. The van der Waals surface area contributed by atoms with Gasteiger partial charge in [-0.3, -0.25) is 9.59 Å². The first-order valence-corrected chi connectivity index (χ1v) is 6.35. The molecule has 5 heteroatoms. The fraction of sp³-hybridized carbons (Fsp3) is 0.429. The molecule has 1 heterocycles. The van der Waals surface area contributed by atoms with E-state index in [4.69, 9.17) is 4.74 Å². The molecule has 5 nitrogen and oxygen atoms in total. The van der Waals surface area contributed by atoms with Crippen molar-refractivity contribution >= 4 is 17.6 Å². The van der Waals surface area contributed by atoms with Crippen molar-refractivity contribution in [2.24, 2.45) is 0 Å². The number of carboxylic acids is 1. The summed E-state index contributed by atoms with van der Waals surface area (Å²) in [5.74, 6) is -1.50. The lowest BCUT2D eigenvalue weighted by atomic mass is 9.90. The van der Waals surface area contributed by atoms with Crippen molar-refractivity contribution in [1.82, 2.24) is 0 Å². The zero-order valence-electron chi connectivity index (χ0n) is 10.8. The Morgan fingerprint density at radius 1 is 1.42 bits per heavy atom. The molecule has 0 bridgehead atoms. The Morgan fingerprint density at radius 3 is 2.84 bits per heavy atom. The highest BCUT2D eigenvalue weighted by atomic mass is 16.5. The maximum Gasteiger partial charge on any atom is 0.311 e. The minimum Gasteiger partial charge on any atom is -0.481 e. The van der Waals surface area contributed by atoms with Gasteiger partial charge in [-0.1, -0.05) is 18.2 Å². The van der Waals surface area contributed by atoms with Crippen LogP contribution in [0.25, 0.3) is 0 Å². The molecule has 1 amide bonds. The van der Waals surface area contributed by atoms with Gasteiger partial charge >= 0.3 is 5.97 Å². The Labute approximate surface area is 111 Å². The van der Waals surface area contributed by atoms with Crippen LogP contribution in [0, 0.1) is 0 Å². The first-order chi connectivity index (χ1) is 9.15. The molecule has 1 aromatic rings. The normalized spacial score (nSPS) is 17.9. The van der Waals surface area contributed by atoms with Gasteiger partial charge in [-0.05, 0) is 25.0 Å². The van der Waals surface area contributed by atoms with Gasteiger partial charge in [-0.25, -0.2) is 0 Å². The van der Waals surface area contributed by atoms with Gasteiger partial charge < -0.3 is 14.7 Å². The Kier molecular flexibility index (Phi) is 4.16. The lowest BCUT2D eigenvalue weighted by Crippen LogP contribution is -2.40. The summed E-state index contributed by atoms with van der Waals surface area (Å²) in [5, 5.41) is 9.22. The Bertz CT molecular complexity index is 486. The predicted octanol–water partition coefficient (Wildman–Crippen LogP) is 1.63. The number of carbonyl (C=O) groups is 2. The molecule has 1 aromatic carbocycles. The number of nitrogens with zero attached hydrogens (tertiary/aromatic N) is 1. The zero-order chi connectivity index (χ0) is 13.8. The number of carboxylic acid groups (broad SMARTS) is 1. The molecule has 0 radical (unpaired) electrons. The van der Waals surface area contributed by atoms with Crippen molar-refractivity contribution in [3.63, 3.8) is 0 Å². The smallest absolute Gasteiger partial charge is 0.311 e. The lowest BCUT2D eigenvalue weighted by Gasteiger charge is -2.32. The summed E-state index contributed by atoms with van der Waals surface area (Å²) in [5.41, 5.74) is 1.39. The summed E-state index contributed by atoms with van der Waals surface area (Å²) in [6.07, 6.45) is 0.435. The van der Waals surface area contributed by atoms with Crippen LogP contribution in [0.4, 0.5) is 5.69 Å². The summed E-state index contributed by atoms with van der Waals surface area (Å²) in [4.78, 5) is 24.9. The van der Waals surface area contributed by atoms with Crippen molar-refractivity contribution in [1.29, 1.82) is 0 Å². The van der Waals surface area contributed by atoms with E-state index in [0.717, 1.165) is 0 Å². The van der Waals surface area contributed by atoms with Crippen molar-refractivity contribution in [2.45, 2.75) is 19.3 Å². The highest BCUT2D eigenvalue weighted by Gasteiger charge is 2.32. The molecule has 102 valence electrons. The topological polar surface area (TPSA) is 66.8 Å². The first kappa shape index (κ1) is 13.5. The average Bonchev–Trinajstić information content (AvgIpc) is 2.43. The number of rotatable bonds is 4. The van der Waals surface area contributed by atoms with Gasteiger partial charge in [-0.15, -0.1) is 0 Å². The molecule has 2 rings (SSSR count). The van der Waals surface area contributed by atoms with Gasteiger partial charge in [-0.2, -0.15) is 0 Å². The predicted molar refractivity (Wildman–Crippen MR) is 70.3 cm³/mol. The van der Waals surface area contributed by atoms with Crippen LogP contribution in [0.3, 0.4) is 0 Å². The molecule has 1 aliphatic rings. The Hall–Kier alpha value is -1.88. The molecule has 19 heavy (non-hydrogen) atoms. The third-order valence-electron chi connectivity index (χ3n) is 3.27. The Balaban J connectivity index is 2.27. The maximum absolute atomic E-state index is 12.0. The lowest BCUT2D eigenvalue weighted by molar-refractivity contribution is -0.139. The highest BCUT2D eigenvalue weighted by Crippen LogP contribution is 2.35. The highest BCUT2D eigenvalue weighted by molar-refractivity contribution is 5.97. The number of benzene rings is 1. The minimum absolute atomic E-state index is 0.0303. The molecule has 1 unspecified atom stereocenters. The molecule has 0 saturated carbocycles. The fourth-order valence-corrected chi connectivity index (χ4v) is 2.34. The third-order valence-corrected chi connectivity index (χ3v) is 3.27. The van der Waals surface area contributed by atoms with Crippen molar-refractivity contribution in [3.05, 3.63) is 29.8 Å². The zero-order valence-corrected chi connectivity index (χ0v) is 10.8. The largest absolute Gasteiger partial charge is 0.481 e. The van der Waals surface area contributed by atoms with Gasteiger partial charge in [0, 0.05) is 18.8 Å². The molecule has 0 aromatic heterocycles. The van der Waals surface area contributed by atoms with Crippen LogP contribution < -0.4 is 4.90 Å². The van der Waals surface area contributed by atoms with E-state index in [1.807, 2.05) is 13.0 Å². The van der Waals surface area contributed by atoms with Crippen LogP contribution in [-0.4, -0.2) is 36.7 Å². The SMILES string of the molecule is CCOCC(=O)N1CCC(C(=O)O)c2ccccc21. The number of ether oxygens (including phenoxy) is 1. The number of carbonyl (C=O) groups excluding carboxylic acids is 1. The number of hydrogen-bond acceptors (Lipinski definition) is 3.